The summed E-state index contributed by atoms with van der Waals surface area (Å²) in [7, 11) is -3.04. The summed E-state index contributed by atoms with van der Waals surface area (Å²) >= 11 is 0. The van der Waals surface area contributed by atoms with Gasteiger partial charge in [-0.25, -0.2) is 8.78 Å². The molecule has 1 fully saturated rings. The first-order valence-corrected chi connectivity index (χ1v) is 16.7. The van der Waals surface area contributed by atoms with Gasteiger partial charge < -0.3 is 23.8 Å². The van der Waals surface area contributed by atoms with E-state index in [1.807, 2.05) is 55.1 Å². The Bertz CT molecular complexity index is 1570. The van der Waals surface area contributed by atoms with Gasteiger partial charge in [0.2, 0.25) is 0 Å². The summed E-state index contributed by atoms with van der Waals surface area (Å²) in [6.07, 6.45) is -0.391. The Morgan fingerprint density at radius 2 is 1.55 bits per heavy atom. The minimum atomic E-state index is -3.04. The molecule has 2 heterocycles. The van der Waals surface area contributed by atoms with Crippen molar-refractivity contribution >= 4 is 30.1 Å². The number of morpholine rings is 1. The van der Waals surface area contributed by atoms with Crippen molar-refractivity contribution in [1.29, 1.82) is 0 Å². The standard InChI is InChI=1S/C34H39F2N3O4Si/c1-22-17-29(38-43-22)32(37-40)28-18-25(33(31(36)30(28)35)39-19-23(2)42-24(3)20-39)21-41-44(34(4,5)6,26-13-9-7-10-14-26)27-15-11-8-12-16-27/h7-18,23-24,40H,19-21H2,1-6H3/t23-,24+. The van der Waals surface area contributed by atoms with Gasteiger partial charge in [-0.3, -0.25) is 0 Å². The topological polar surface area (TPSA) is 80.3 Å². The highest BCUT2D eigenvalue weighted by Gasteiger charge is 2.50. The van der Waals surface area contributed by atoms with Crippen LogP contribution < -0.4 is 15.3 Å². The SMILES string of the molecule is Cc1cc(C(=NO)c2cc(CO[Si](c3ccccc3)(c3ccccc3)C(C)(C)C)c(N3C[C@@H](C)O[C@@H](C)C3)c(F)c2F)no1. The Morgan fingerprint density at radius 1 is 0.977 bits per heavy atom. The molecule has 2 atom stereocenters. The Hall–Kier alpha value is -3.86. The van der Waals surface area contributed by atoms with E-state index in [0.717, 1.165) is 10.4 Å². The van der Waals surface area contributed by atoms with Gasteiger partial charge in [-0.1, -0.05) is 91.7 Å². The first-order valence-electron chi connectivity index (χ1n) is 14.8. The number of ether oxygens (including phenoxy) is 1. The normalized spacial score (nSPS) is 18.1. The predicted molar refractivity (Wildman–Crippen MR) is 170 cm³/mol. The van der Waals surface area contributed by atoms with Crippen molar-refractivity contribution in [1.82, 2.24) is 5.16 Å². The number of hydrogen-bond acceptors (Lipinski definition) is 7. The van der Waals surface area contributed by atoms with Gasteiger partial charge >= 0.3 is 0 Å². The van der Waals surface area contributed by atoms with Gasteiger partial charge in [-0.2, -0.15) is 0 Å². The van der Waals surface area contributed by atoms with Crippen LogP contribution >= 0.6 is 0 Å². The van der Waals surface area contributed by atoms with Crippen LogP contribution in [0.3, 0.4) is 0 Å². The largest absolute Gasteiger partial charge is 0.410 e. The van der Waals surface area contributed by atoms with Crippen molar-refractivity contribution in [2.45, 2.75) is 65.4 Å². The molecule has 1 aromatic heterocycles. The fourth-order valence-electron chi connectivity index (χ4n) is 6.32. The second-order valence-electron chi connectivity index (χ2n) is 12.4. The summed E-state index contributed by atoms with van der Waals surface area (Å²) in [5, 5.41) is 19.0. The number of aryl methyl sites for hydroxylation is 1. The highest BCUT2D eigenvalue weighted by molar-refractivity contribution is 6.99. The summed E-state index contributed by atoms with van der Waals surface area (Å²) < 4.78 is 50.6. The van der Waals surface area contributed by atoms with Crippen molar-refractivity contribution < 1.29 is 27.7 Å². The lowest BCUT2D eigenvalue weighted by Gasteiger charge is -2.43. The van der Waals surface area contributed by atoms with E-state index in [2.05, 4.69) is 55.3 Å². The zero-order valence-electron chi connectivity index (χ0n) is 26.0. The van der Waals surface area contributed by atoms with Crippen molar-refractivity contribution in [2.24, 2.45) is 5.16 Å². The maximum Gasteiger partial charge on any atom is 0.261 e. The third-order valence-electron chi connectivity index (χ3n) is 8.08. The summed E-state index contributed by atoms with van der Waals surface area (Å²) in [6.45, 7) is 12.7. The van der Waals surface area contributed by atoms with Crippen LogP contribution in [0.5, 0.6) is 0 Å². The molecule has 0 unspecified atom stereocenters. The third kappa shape index (κ3) is 5.94. The molecule has 44 heavy (non-hydrogen) atoms. The minimum absolute atomic E-state index is 0.0243. The lowest BCUT2D eigenvalue weighted by molar-refractivity contribution is -0.00553. The Balaban J connectivity index is 1.70. The van der Waals surface area contributed by atoms with Crippen LogP contribution in [-0.2, 0) is 15.8 Å². The highest BCUT2D eigenvalue weighted by atomic mass is 28.4. The second kappa shape index (κ2) is 12.6. The van der Waals surface area contributed by atoms with E-state index in [-0.39, 0.29) is 46.5 Å². The van der Waals surface area contributed by atoms with Crippen LogP contribution in [0.25, 0.3) is 0 Å². The summed E-state index contributed by atoms with van der Waals surface area (Å²) in [5.74, 6) is -1.76. The first kappa shape index (κ1) is 31.6. The molecule has 0 spiro atoms. The molecule has 1 N–H and O–H groups in total. The quantitative estimate of drug-likeness (QED) is 0.110. The fourth-order valence-corrected chi connectivity index (χ4v) is 10.8. The number of anilines is 1. The number of aromatic nitrogens is 1. The number of rotatable bonds is 8. The first-order chi connectivity index (χ1) is 21.0. The fraction of sp³-hybridized carbons (Fsp3) is 0.353. The smallest absolute Gasteiger partial charge is 0.261 e. The van der Waals surface area contributed by atoms with E-state index in [4.69, 9.17) is 13.7 Å². The van der Waals surface area contributed by atoms with Gasteiger partial charge in [-0.05, 0) is 42.2 Å². The van der Waals surface area contributed by atoms with Crippen molar-refractivity contribution in [3.63, 3.8) is 0 Å². The molecule has 0 aliphatic carbocycles. The molecule has 1 aliphatic rings. The maximum atomic E-state index is 16.4. The van der Waals surface area contributed by atoms with Crippen molar-refractivity contribution in [3.05, 3.63) is 107 Å². The van der Waals surface area contributed by atoms with Crippen LogP contribution in [0.2, 0.25) is 5.04 Å². The van der Waals surface area contributed by atoms with Gasteiger partial charge in [0.1, 0.15) is 17.2 Å². The molecule has 10 heteroatoms. The van der Waals surface area contributed by atoms with E-state index in [1.165, 1.54) is 12.1 Å². The summed E-state index contributed by atoms with van der Waals surface area (Å²) in [4.78, 5) is 1.82. The number of halogens is 2. The average molecular weight is 620 g/mol. The molecular weight excluding hydrogens is 580 g/mol. The summed E-state index contributed by atoms with van der Waals surface area (Å²) in [5.41, 5.74) is 0.149. The van der Waals surface area contributed by atoms with Gasteiger partial charge in [0.25, 0.3) is 8.32 Å². The number of oxime groups is 1. The number of benzene rings is 3. The lowest BCUT2D eigenvalue weighted by atomic mass is 10.00. The minimum Gasteiger partial charge on any atom is -0.410 e. The van der Waals surface area contributed by atoms with E-state index < -0.39 is 20.0 Å². The summed E-state index contributed by atoms with van der Waals surface area (Å²) in [6, 6.07) is 23.3. The lowest BCUT2D eigenvalue weighted by Crippen LogP contribution is -2.66. The molecule has 1 saturated heterocycles. The maximum absolute atomic E-state index is 16.4. The molecule has 3 aromatic carbocycles. The molecule has 0 bridgehead atoms. The zero-order valence-corrected chi connectivity index (χ0v) is 27.0. The van der Waals surface area contributed by atoms with Crippen LogP contribution in [0.15, 0.2) is 82.5 Å². The van der Waals surface area contributed by atoms with Crippen LogP contribution in [-0.4, -0.2) is 49.7 Å². The van der Waals surface area contributed by atoms with E-state index >= 15 is 8.78 Å². The molecule has 0 amide bonds. The Labute approximate surface area is 258 Å². The Morgan fingerprint density at radius 3 is 2.02 bits per heavy atom. The molecular formula is C34H39F2N3O4Si. The van der Waals surface area contributed by atoms with Gasteiger partial charge in [-0.15, -0.1) is 0 Å². The number of nitrogens with zero attached hydrogens (tertiary/aromatic N) is 3. The van der Waals surface area contributed by atoms with Crippen molar-refractivity contribution in [2.75, 3.05) is 18.0 Å². The van der Waals surface area contributed by atoms with Gasteiger partial charge in [0.15, 0.2) is 11.6 Å². The molecule has 0 radical (unpaired) electrons. The third-order valence-corrected chi connectivity index (χ3v) is 13.1. The van der Waals surface area contributed by atoms with E-state index in [0.29, 0.717) is 24.4 Å². The van der Waals surface area contributed by atoms with Crippen LogP contribution in [0, 0.1) is 18.6 Å². The molecule has 1 aliphatic heterocycles. The Kier molecular flexibility index (Phi) is 9.06. The highest BCUT2D eigenvalue weighted by Crippen LogP contribution is 2.39. The average Bonchev–Trinajstić information content (AvgIpc) is 3.41. The van der Waals surface area contributed by atoms with E-state index in [1.54, 1.807) is 6.92 Å². The number of hydrogen-bond donors (Lipinski definition) is 1. The second-order valence-corrected chi connectivity index (χ2v) is 16.8. The van der Waals surface area contributed by atoms with Gasteiger partial charge in [0.05, 0.1) is 24.5 Å². The predicted octanol–water partition coefficient (Wildman–Crippen LogP) is 6.18. The molecule has 4 aromatic rings. The monoisotopic (exact) mass is 619 g/mol. The molecule has 7 nitrogen and oxygen atoms in total. The van der Waals surface area contributed by atoms with Crippen LogP contribution in [0.4, 0.5) is 14.5 Å². The van der Waals surface area contributed by atoms with E-state index in [9.17, 15) is 5.21 Å². The van der Waals surface area contributed by atoms with Gasteiger partial charge in [0, 0.05) is 30.3 Å². The molecule has 0 saturated carbocycles. The molecule has 232 valence electrons. The molecule has 5 rings (SSSR count). The zero-order chi connectivity index (χ0) is 31.6. The van der Waals surface area contributed by atoms with Crippen LogP contribution in [0.1, 0.15) is 57.2 Å². The van der Waals surface area contributed by atoms with Crippen molar-refractivity contribution in [3.8, 4) is 0 Å².